The third kappa shape index (κ3) is 3.59. The molecule has 0 aliphatic rings. The molecule has 4 rings (SSSR count). The van der Waals surface area contributed by atoms with Gasteiger partial charge < -0.3 is 0 Å². The fourth-order valence-corrected chi connectivity index (χ4v) is 2.78. The summed E-state index contributed by atoms with van der Waals surface area (Å²) in [5, 5.41) is 8.64. The average molecular weight is 322 g/mol. The molecule has 1 N–H and O–H groups in total. The van der Waals surface area contributed by atoms with Crippen LogP contribution in [0.3, 0.4) is 0 Å². The molecular weight excluding hydrogens is 304 g/mol. The number of hydrogen-bond donors (Lipinski definition) is 1. The van der Waals surface area contributed by atoms with Gasteiger partial charge in [0.05, 0.1) is 11.2 Å². The fraction of sp³-hybridized carbons (Fsp3) is 0. The van der Waals surface area contributed by atoms with Gasteiger partial charge in [-0.15, -0.1) is 0 Å². The van der Waals surface area contributed by atoms with E-state index in [1.54, 1.807) is 0 Å². The number of benzene rings is 3. The number of aromatic nitrogens is 2. The Balaban J connectivity index is 1.64. The van der Waals surface area contributed by atoms with Crippen LogP contribution < -0.4 is 0 Å². The minimum absolute atomic E-state index is 0.976. The number of fused-ring (bicyclic) bond motifs is 1. The van der Waals surface area contributed by atoms with E-state index in [0.29, 0.717) is 0 Å². The Hall–Kier alpha value is -3.39. The monoisotopic (exact) mass is 322 g/mol. The topological polar surface area (TPSA) is 28.7 Å². The molecule has 0 aliphatic carbocycles. The Bertz CT molecular complexity index is 1030. The van der Waals surface area contributed by atoms with Gasteiger partial charge in [-0.2, -0.15) is 5.10 Å². The lowest BCUT2D eigenvalue weighted by Gasteiger charge is -1.97. The van der Waals surface area contributed by atoms with Crippen LogP contribution in [0.1, 0.15) is 22.4 Å². The molecule has 0 atom stereocenters. The molecule has 0 saturated carbocycles. The smallest absolute Gasteiger partial charge is 0.0927 e. The molecule has 3 aromatic carbocycles. The summed E-state index contributed by atoms with van der Waals surface area (Å²) in [6, 6.07) is 26.9. The molecule has 4 aromatic rings. The summed E-state index contributed by atoms with van der Waals surface area (Å²) < 4.78 is 0. The van der Waals surface area contributed by atoms with E-state index >= 15 is 0 Å². The summed E-state index contributed by atoms with van der Waals surface area (Å²) in [5.74, 6) is 0. The maximum absolute atomic E-state index is 4.39. The highest BCUT2D eigenvalue weighted by atomic mass is 15.1. The normalized spacial score (nSPS) is 11.7. The van der Waals surface area contributed by atoms with Crippen LogP contribution in [0.4, 0.5) is 0 Å². The van der Waals surface area contributed by atoms with Crippen molar-refractivity contribution >= 4 is 35.2 Å². The van der Waals surface area contributed by atoms with Crippen LogP contribution in [-0.2, 0) is 0 Å². The highest BCUT2D eigenvalue weighted by molar-refractivity contribution is 5.91. The van der Waals surface area contributed by atoms with Crippen LogP contribution in [-0.4, -0.2) is 10.2 Å². The van der Waals surface area contributed by atoms with Crippen molar-refractivity contribution in [2.24, 2.45) is 0 Å². The van der Waals surface area contributed by atoms with Gasteiger partial charge >= 0.3 is 0 Å². The Labute approximate surface area is 147 Å². The lowest BCUT2D eigenvalue weighted by atomic mass is 10.1. The number of aromatic amines is 1. The van der Waals surface area contributed by atoms with Gasteiger partial charge in [-0.25, -0.2) is 0 Å². The van der Waals surface area contributed by atoms with Gasteiger partial charge in [-0.3, -0.25) is 5.10 Å². The second-order valence-corrected chi connectivity index (χ2v) is 5.90. The van der Waals surface area contributed by atoms with Crippen molar-refractivity contribution in [1.82, 2.24) is 10.2 Å². The molecular formula is C23H18N2. The Morgan fingerprint density at radius 3 is 1.88 bits per heavy atom. The molecule has 25 heavy (non-hydrogen) atoms. The van der Waals surface area contributed by atoms with Crippen LogP contribution in [0.5, 0.6) is 0 Å². The van der Waals surface area contributed by atoms with Crippen LogP contribution in [0.2, 0.25) is 0 Å². The third-order valence-corrected chi connectivity index (χ3v) is 4.12. The predicted molar refractivity (Wildman–Crippen MR) is 107 cm³/mol. The molecule has 0 unspecified atom stereocenters. The van der Waals surface area contributed by atoms with Gasteiger partial charge in [-0.1, -0.05) is 85.0 Å². The summed E-state index contributed by atoms with van der Waals surface area (Å²) in [5.41, 5.74) is 5.52. The van der Waals surface area contributed by atoms with E-state index in [9.17, 15) is 0 Å². The van der Waals surface area contributed by atoms with Gasteiger partial charge in [0.2, 0.25) is 0 Å². The first-order valence-corrected chi connectivity index (χ1v) is 8.33. The van der Waals surface area contributed by atoms with E-state index in [1.807, 2.05) is 36.4 Å². The molecule has 0 aliphatic heterocycles. The van der Waals surface area contributed by atoms with Gasteiger partial charge in [0.15, 0.2) is 0 Å². The first kappa shape index (κ1) is 15.2. The molecule has 0 spiro atoms. The summed E-state index contributed by atoms with van der Waals surface area (Å²) in [7, 11) is 0. The maximum atomic E-state index is 4.39. The highest BCUT2D eigenvalue weighted by Gasteiger charge is 2.03. The minimum atomic E-state index is 0.976. The molecule has 2 heteroatoms. The molecule has 120 valence electrons. The standard InChI is InChI=1S/C23H18N2/c1-3-7-18(8-4-1)11-12-20-14-16-23-21(17-20)22(24-25-23)15-13-19-9-5-2-6-10-19/h1-17H,(H,24,25)/b12-11+,15-13+. The van der Waals surface area contributed by atoms with Crippen molar-refractivity contribution < 1.29 is 0 Å². The number of hydrogen-bond acceptors (Lipinski definition) is 1. The van der Waals surface area contributed by atoms with E-state index < -0.39 is 0 Å². The molecule has 2 nitrogen and oxygen atoms in total. The molecule has 1 heterocycles. The summed E-state index contributed by atoms with van der Waals surface area (Å²) in [4.78, 5) is 0. The second-order valence-electron chi connectivity index (χ2n) is 5.90. The van der Waals surface area contributed by atoms with Gasteiger partial charge in [0.1, 0.15) is 0 Å². The van der Waals surface area contributed by atoms with E-state index in [4.69, 9.17) is 0 Å². The number of H-pyrrole nitrogens is 1. The summed E-state index contributed by atoms with van der Waals surface area (Å²) >= 11 is 0. The van der Waals surface area contributed by atoms with Crippen molar-refractivity contribution in [3.63, 3.8) is 0 Å². The number of nitrogens with one attached hydrogen (secondary N) is 1. The zero-order chi connectivity index (χ0) is 16.9. The predicted octanol–water partition coefficient (Wildman–Crippen LogP) is 5.90. The summed E-state index contributed by atoms with van der Waals surface area (Å²) in [6.45, 7) is 0. The Kier molecular flexibility index (Phi) is 4.25. The van der Waals surface area contributed by atoms with Crippen LogP contribution in [0.15, 0.2) is 78.9 Å². The Morgan fingerprint density at radius 2 is 1.20 bits per heavy atom. The molecule has 0 bridgehead atoms. The van der Waals surface area contributed by atoms with Gasteiger partial charge in [-0.05, 0) is 34.9 Å². The first-order chi connectivity index (χ1) is 12.4. The fourth-order valence-electron chi connectivity index (χ4n) is 2.78. The van der Waals surface area contributed by atoms with E-state index in [-0.39, 0.29) is 0 Å². The third-order valence-electron chi connectivity index (χ3n) is 4.12. The highest BCUT2D eigenvalue weighted by Crippen LogP contribution is 2.21. The molecule has 1 aromatic heterocycles. The lowest BCUT2D eigenvalue weighted by molar-refractivity contribution is 1.11. The van der Waals surface area contributed by atoms with Gasteiger partial charge in [0, 0.05) is 5.39 Å². The van der Waals surface area contributed by atoms with E-state index in [1.165, 1.54) is 11.1 Å². The van der Waals surface area contributed by atoms with Crippen LogP contribution >= 0.6 is 0 Å². The second kappa shape index (κ2) is 7.02. The van der Waals surface area contributed by atoms with Gasteiger partial charge in [0.25, 0.3) is 0 Å². The Morgan fingerprint density at radius 1 is 0.600 bits per heavy atom. The summed E-state index contributed by atoms with van der Waals surface area (Å²) in [6.07, 6.45) is 8.43. The number of rotatable bonds is 4. The lowest BCUT2D eigenvalue weighted by Crippen LogP contribution is -1.76. The number of nitrogens with zero attached hydrogens (tertiary/aromatic N) is 1. The quantitative estimate of drug-likeness (QED) is 0.465. The minimum Gasteiger partial charge on any atom is -0.277 e. The van der Waals surface area contributed by atoms with Crippen LogP contribution in [0.25, 0.3) is 35.2 Å². The zero-order valence-electron chi connectivity index (χ0n) is 13.8. The van der Waals surface area contributed by atoms with Crippen molar-refractivity contribution in [1.29, 1.82) is 0 Å². The first-order valence-electron chi connectivity index (χ1n) is 8.33. The van der Waals surface area contributed by atoms with Crippen molar-refractivity contribution in [3.05, 3.63) is 101 Å². The molecule has 0 fully saturated rings. The van der Waals surface area contributed by atoms with Crippen molar-refractivity contribution in [2.45, 2.75) is 0 Å². The molecule has 0 saturated heterocycles. The molecule has 0 amide bonds. The van der Waals surface area contributed by atoms with E-state index in [2.05, 4.69) is 77.0 Å². The largest absolute Gasteiger partial charge is 0.277 e. The average Bonchev–Trinajstić information content (AvgIpc) is 3.09. The van der Waals surface area contributed by atoms with Crippen molar-refractivity contribution in [2.75, 3.05) is 0 Å². The van der Waals surface area contributed by atoms with Crippen LogP contribution in [0, 0.1) is 0 Å². The van der Waals surface area contributed by atoms with Crippen molar-refractivity contribution in [3.8, 4) is 0 Å². The van der Waals surface area contributed by atoms with E-state index in [0.717, 1.165) is 22.2 Å². The zero-order valence-corrected chi connectivity index (χ0v) is 13.8. The SMILES string of the molecule is C(=C\c1ccc2n[nH]c(/C=C/c3ccccc3)c2c1)/c1ccccc1. The maximum Gasteiger partial charge on any atom is 0.0927 e. The molecule has 0 radical (unpaired) electrons.